The Morgan fingerprint density at radius 2 is 1.92 bits per heavy atom. The van der Waals surface area contributed by atoms with E-state index in [4.69, 9.17) is 5.11 Å². The maximum Gasteiger partial charge on any atom is 0.0675 e. The summed E-state index contributed by atoms with van der Waals surface area (Å²) in [4.78, 5) is 20.6. The summed E-state index contributed by atoms with van der Waals surface area (Å²) in [5, 5.41) is 29.5. The molecule has 0 aliphatic carbocycles. The van der Waals surface area contributed by atoms with Crippen LogP contribution in [0, 0.1) is 5.92 Å². The second-order valence-corrected chi connectivity index (χ2v) is 2.77. The van der Waals surface area contributed by atoms with Crippen LogP contribution in [-0.2, 0) is 9.59 Å². The van der Waals surface area contributed by atoms with Gasteiger partial charge in [-0.15, -0.1) is 0 Å². The van der Waals surface area contributed by atoms with Crippen molar-refractivity contribution in [1.82, 2.24) is 0 Å². The van der Waals surface area contributed by atoms with Crippen LogP contribution in [0.1, 0.15) is 13.3 Å². The summed E-state index contributed by atoms with van der Waals surface area (Å²) >= 11 is 0. The molecule has 13 heavy (non-hydrogen) atoms. The van der Waals surface area contributed by atoms with E-state index in [0.717, 1.165) is 0 Å². The Kier molecular flexibility index (Phi) is 4.13. The molecule has 2 atom stereocenters. The SMILES string of the molecule is C=C(C(=O)[O-])C(CC(C)O)C(=O)[O-]. The van der Waals surface area contributed by atoms with E-state index >= 15 is 0 Å². The predicted octanol–water partition coefficient (Wildman–Crippen LogP) is -2.57. The van der Waals surface area contributed by atoms with E-state index in [9.17, 15) is 19.8 Å². The van der Waals surface area contributed by atoms with Gasteiger partial charge in [-0.05, 0) is 18.9 Å². The van der Waals surface area contributed by atoms with Crippen molar-refractivity contribution in [2.45, 2.75) is 19.4 Å². The predicted molar refractivity (Wildman–Crippen MR) is 38.9 cm³/mol. The van der Waals surface area contributed by atoms with Crippen molar-refractivity contribution in [3.05, 3.63) is 12.2 Å². The first-order chi connectivity index (χ1) is 5.86. The number of hydrogen-bond acceptors (Lipinski definition) is 5. The van der Waals surface area contributed by atoms with Gasteiger partial charge in [0.05, 0.1) is 12.1 Å². The number of carbonyl (C=O) groups excluding carboxylic acids is 2. The van der Waals surface area contributed by atoms with Crippen molar-refractivity contribution in [3.63, 3.8) is 0 Å². The Labute approximate surface area is 75.3 Å². The van der Waals surface area contributed by atoms with Crippen LogP contribution in [0.25, 0.3) is 0 Å². The maximum atomic E-state index is 10.4. The third-order valence-electron chi connectivity index (χ3n) is 1.54. The summed E-state index contributed by atoms with van der Waals surface area (Å²) in [7, 11) is 0. The van der Waals surface area contributed by atoms with Crippen molar-refractivity contribution in [2.75, 3.05) is 0 Å². The highest BCUT2D eigenvalue weighted by atomic mass is 16.4. The molecule has 0 heterocycles. The summed E-state index contributed by atoms with van der Waals surface area (Å²) in [5.74, 6) is -4.62. The molecule has 0 aromatic rings. The van der Waals surface area contributed by atoms with Gasteiger partial charge in [0.15, 0.2) is 0 Å². The first kappa shape index (κ1) is 11.6. The van der Waals surface area contributed by atoms with Crippen LogP contribution in [0.2, 0.25) is 0 Å². The van der Waals surface area contributed by atoms with Gasteiger partial charge in [0, 0.05) is 11.9 Å². The Hall–Kier alpha value is -1.36. The molecule has 0 saturated carbocycles. The lowest BCUT2D eigenvalue weighted by molar-refractivity contribution is -0.315. The summed E-state index contributed by atoms with van der Waals surface area (Å²) in [5.41, 5.74) is -0.582. The van der Waals surface area contributed by atoms with Crippen LogP contribution in [0.5, 0.6) is 0 Å². The van der Waals surface area contributed by atoms with Gasteiger partial charge in [-0.3, -0.25) is 0 Å². The van der Waals surface area contributed by atoms with Gasteiger partial charge in [-0.25, -0.2) is 0 Å². The van der Waals surface area contributed by atoms with Crippen LogP contribution < -0.4 is 10.2 Å². The molecule has 0 bridgehead atoms. The summed E-state index contributed by atoms with van der Waals surface area (Å²) in [6, 6.07) is 0. The molecule has 0 aliphatic rings. The van der Waals surface area contributed by atoms with Gasteiger partial charge in [-0.1, -0.05) is 6.58 Å². The van der Waals surface area contributed by atoms with Crippen molar-refractivity contribution in [1.29, 1.82) is 0 Å². The van der Waals surface area contributed by atoms with Gasteiger partial charge < -0.3 is 24.9 Å². The van der Waals surface area contributed by atoms with Crippen LogP contribution >= 0.6 is 0 Å². The fourth-order valence-electron chi connectivity index (χ4n) is 0.864. The molecule has 0 fully saturated rings. The topological polar surface area (TPSA) is 100 Å². The number of aliphatic hydroxyl groups excluding tert-OH is 1. The Balaban J connectivity index is 4.52. The van der Waals surface area contributed by atoms with Crippen LogP contribution in [-0.4, -0.2) is 23.1 Å². The molecule has 0 amide bonds. The highest BCUT2D eigenvalue weighted by Crippen LogP contribution is 2.14. The number of carbonyl (C=O) groups is 2. The molecular formula is C8H10O5-2. The summed E-state index contributed by atoms with van der Waals surface area (Å²) < 4.78 is 0. The number of carboxylic acids is 2. The zero-order chi connectivity index (χ0) is 10.6. The zero-order valence-corrected chi connectivity index (χ0v) is 7.15. The third kappa shape index (κ3) is 3.71. The fourth-order valence-corrected chi connectivity index (χ4v) is 0.864. The second kappa shape index (κ2) is 4.61. The fraction of sp³-hybridized carbons (Fsp3) is 0.500. The monoisotopic (exact) mass is 186 g/mol. The molecule has 2 unspecified atom stereocenters. The Morgan fingerprint density at radius 1 is 1.46 bits per heavy atom. The Morgan fingerprint density at radius 3 is 2.15 bits per heavy atom. The van der Waals surface area contributed by atoms with Crippen molar-refractivity contribution in [2.24, 2.45) is 5.92 Å². The zero-order valence-electron chi connectivity index (χ0n) is 7.15. The number of rotatable bonds is 5. The second-order valence-electron chi connectivity index (χ2n) is 2.77. The quantitative estimate of drug-likeness (QED) is 0.475. The smallest absolute Gasteiger partial charge is 0.0675 e. The highest BCUT2D eigenvalue weighted by molar-refractivity contribution is 5.91. The van der Waals surface area contributed by atoms with Crippen molar-refractivity contribution in [3.8, 4) is 0 Å². The maximum absolute atomic E-state index is 10.4. The number of aliphatic hydroxyl groups is 1. The normalized spacial score (nSPS) is 14.6. The van der Waals surface area contributed by atoms with E-state index in [1.807, 2.05) is 0 Å². The van der Waals surface area contributed by atoms with Gasteiger partial charge in [-0.2, -0.15) is 0 Å². The molecule has 0 aliphatic heterocycles. The first-order valence-electron chi connectivity index (χ1n) is 3.65. The van der Waals surface area contributed by atoms with Crippen LogP contribution in [0.3, 0.4) is 0 Å². The number of carboxylic acid groups (broad SMARTS) is 2. The minimum absolute atomic E-state index is 0.241. The summed E-state index contributed by atoms with van der Waals surface area (Å²) in [6.07, 6.45) is -1.17. The van der Waals surface area contributed by atoms with Crippen molar-refractivity contribution < 1.29 is 24.9 Å². The molecular weight excluding hydrogens is 176 g/mol. The minimum atomic E-state index is -1.64. The molecule has 5 nitrogen and oxygen atoms in total. The van der Waals surface area contributed by atoms with E-state index in [-0.39, 0.29) is 6.42 Å². The standard InChI is InChI=1S/C8H12O5/c1-4(9)3-6(8(12)13)5(2)7(10)11/h4,6,9H,2-3H2,1H3,(H,10,11)(H,12,13)/p-2. The van der Waals surface area contributed by atoms with E-state index in [0.29, 0.717) is 0 Å². The number of aliphatic carboxylic acids is 2. The average Bonchev–Trinajstić information content (AvgIpc) is 1.97. The lowest BCUT2D eigenvalue weighted by atomic mass is 9.94. The van der Waals surface area contributed by atoms with Gasteiger partial charge in [0.1, 0.15) is 0 Å². The van der Waals surface area contributed by atoms with Gasteiger partial charge in [0.25, 0.3) is 0 Å². The van der Waals surface area contributed by atoms with Crippen LogP contribution in [0.15, 0.2) is 12.2 Å². The van der Waals surface area contributed by atoms with Crippen molar-refractivity contribution >= 4 is 11.9 Å². The minimum Gasteiger partial charge on any atom is -0.549 e. The lowest BCUT2D eigenvalue weighted by Crippen LogP contribution is -2.39. The third-order valence-corrected chi connectivity index (χ3v) is 1.54. The largest absolute Gasteiger partial charge is 0.549 e. The molecule has 5 heteroatoms. The summed E-state index contributed by atoms with van der Waals surface area (Å²) in [6.45, 7) is 4.38. The average molecular weight is 186 g/mol. The number of hydrogen-bond donors (Lipinski definition) is 1. The van der Waals surface area contributed by atoms with E-state index in [1.165, 1.54) is 6.92 Å². The molecule has 0 radical (unpaired) electrons. The molecule has 1 N–H and O–H groups in total. The molecule has 0 spiro atoms. The molecule has 0 aromatic heterocycles. The first-order valence-corrected chi connectivity index (χ1v) is 3.65. The molecule has 0 saturated heterocycles. The van der Waals surface area contributed by atoms with Gasteiger partial charge >= 0.3 is 0 Å². The van der Waals surface area contributed by atoms with Gasteiger partial charge in [0.2, 0.25) is 0 Å². The van der Waals surface area contributed by atoms with E-state index < -0.39 is 29.5 Å². The molecule has 74 valence electrons. The van der Waals surface area contributed by atoms with E-state index in [2.05, 4.69) is 6.58 Å². The van der Waals surface area contributed by atoms with E-state index in [1.54, 1.807) is 0 Å². The van der Waals surface area contributed by atoms with Crippen LogP contribution in [0.4, 0.5) is 0 Å². The highest BCUT2D eigenvalue weighted by Gasteiger charge is 2.16. The molecule has 0 aromatic carbocycles. The lowest BCUT2D eigenvalue weighted by Gasteiger charge is -2.22. The Bertz CT molecular complexity index is 231. The molecule has 0 rings (SSSR count).